The smallest absolute Gasteiger partial charge is 0.341 e. The highest BCUT2D eigenvalue weighted by atomic mass is 32.1. The number of benzene rings is 1. The summed E-state index contributed by atoms with van der Waals surface area (Å²) in [5.41, 5.74) is 2.77. The third-order valence-corrected chi connectivity index (χ3v) is 6.48. The maximum Gasteiger partial charge on any atom is 0.341 e. The summed E-state index contributed by atoms with van der Waals surface area (Å²) in [4.78, 5) is 31.9. The van der Waals surface area contributed by atoms with Crippen molar-refractivity contribution < 1.29 is 23.6 Å². The first-order valence-electron chi connectivity index (χ1n) is 10.2. The van der Waals surface area contributed by atoms with Gasteiger partial charge in [0.1, 0.15) is 10.8 Å². The number of esters is 1. The number of nitrogens with one attached hydrogen (secondary N) is 1. The van der Waals surface area contributed by atoms with Crippen molar-refractivity contribution in [2.75, 3.05) is 11.9 Å². The van der Waals surface area contributed by atoms with Crippen molar-refractivity contribution in [3.8, 4) is 0 Å². The van der Waals surface area contributed by atoms with Gasteiger partial charge in [0, 0.05) is 11.3 Å². The fourth-order valence-corrected chi connectivity index (χ4v) is 5.05. The Bertz CT molecular complexity index is 984. The minimum absolute atomic E-state index is 0.275. The van der Waals surface area contributed by atoms with Gasteiger partial charge in [-0.3, -0.25) is 4.79 Å². The maximum atomic E-state index is 13.1. The van der Waals surface area contributed by atoms with E-state index in [2.05, 4.69) is 10.5 Å². The van der Waals surface area contributed by atoms with Crippen molar-refractivity contribution in [2.24, 2.45) is 5.16 Å². The molecule has 1 atom stereocenters. The molecular formula is C22H23FN2O4S. The third-order valence-electron chi connectivity index (χ3n) is 5.28. The van der Waals surface area contributed by atoms with Gasteiger partial charge in [-0.05, 0) is 55.9 Å². The summed E-state index contributed by atoms with van der Waals surface area (Å²) in [5, 5.41) is 7.38. The van der Waals surface area contributed by atoms with Crippen LogP contribution in [0.1, 0.15) is 59.0 Å². The molecule has 2 aliphatic rings. The minimum atomic E-state index is -0.804. The first-order valence-corrected chi connectivity index (χ1v) is 11.0. The van der Waals surface area contributed by atoms with E-state index < -0.39 is 12.1 Å². The molecule has 1 amide bonds. The minimum Gasteiger partial charge on any atom is -0.462 e. The molecule has 1 unspecified atom stereocenters. The monoisotopic (exact) mass is 430 g/mol. The second kappa shape index (κ2) is 8.95. The zero-order chi connectivity index (χ0) is 21.1. The van der Waals surface area contributed by atoms with E-state index in [-0.39, 0.29) is 24.8 Å². The van der Waals surface area contributed by atoms with Crippen LogP contribution < -0.4 is 5.32 Å². The van der Waals surface area contributed by atoms with Crippen molar-refractivity contribution in [3.05, 3.63) is 51.7 Å². The summed E-state index contributed by atoms with van der Waals surface area (Å²) in [6.45, 7) is 2.04. The summed E-state index contributed by atoms with van der Waals surface area (Å²) in [6, 6.07) is 5.89. The molecule has 2 aromatic rings. The number of ether oxygens (including phenoxy) is 1. The van der Waals surface area contributed by atoms with Crippen LogP contribution in [0.2, 0.25) is 0 Å². The van der Waals surface area contributed by atoms with E-state index in [1.54, 1.807) is 19.1 Å². The molecule has 158 valence electrons. The maximum absolute atomic E-state index is 13.1. The molecule has 0 saturated carbocycles. The molecule has 1 aromatic carbocycles. The van der Waals surface area contributed by atoms with Crippen molar-refractivity contribution in [3.63, 3.8) is 0 Å². The Morgan fingerprint density at radius 3 is 2.77 bits per heavy atom. The summed E-state index contributed by atoms with van der Waals surface area (Å²) < 4.78 is 18.4. The Morgan fingerprint density at radius 2 is 2.00 bits per heavy atom. The number of oxime groups is 1. The second-order valence-corrected chi connectivity index (χ2v) is 8.43. The fraction of sp³-hybridized carbons (Fsp3) is 0.409. The zero-order valence-corrected chi connectivity index (χ0v) is 17.5. The average molecular weight is 431 g/mol. The van der Waals surface area contributed by atoms with E-state index >= 15 is 0 Å². The van der Waals surface area contributed by atoms with Gasteiger partial charge in [-0.2, -0.15) is 0 Å². The lowest BCUT2D eigenvalue weighted by atomic mass is 10.0. The fourth-order valence-electron chi connectivity index (χ4n) is 3.77. The van der Waals surface area contributed by atoms with Crippen LogP contribution in [0, 0.1) is 5.82 Å². The highest BCUT2D eigenvalue weighted by Gasteiger charge is 2.32. The topological polar surface area (TPSA) is 77.0 Å². The van der Waals surface area contributed by atoms with Gasteiger partial charge >= 0.3 is 5.97 Å². The Labute approximate surface area is 178 Å². The van der Waals surface area contributed by atoms with Gasteiger partial charge in [0.25, 0.3) is 5.91 Å². The van der Waals surface area contributed by atoms with Crippen molar-refractivity contribution in [2.45, 2.75) is 51.6 Å². The van der Waals surface area contributed by atoms with Gasteiger partial charge in [0.15, 0.2) is 0 Å². The normalized spacial score (nSPS) is 18.1. The number of anilines is 1. The summed E-state index contributed by atoms with van der Waals surface area (Å²) in [5.74, 6) is -1.10. The predicted molar refractivity (Wildman–Crippen MR) is 113 cm³/mol. The Morgan fingerprint density at radius 1 is 1.23 bits per heavy atom. The van der Waals surface area contributed by atoms with Gasteiger partial charge in [-0.15, -0.1) is 11.3 Å². The number of aryl methyl sites for hydroxylation is 1. The molecule has 30 heavy (non-hydrogen) atoms. The number of hydrogen-bond acceptors (Lipinski definition) is 6. The van der Waals surface area contributed by atoms with E-state index in [1.165, 1.54) is 23.5 Å². The molecule has 0 spiro atoms. The quantitative estimate of drug-likeness (QED) is 0.561. The molecule has 0 saturated heterocycles. The molecule has 0 bridgehead atoms. The summed E-state index contributed by atoms with van der Waals surface area (Å²) in [6.07, 6.45) is 4.41. The highest BCUT2D eigenvalue weighted by molar-refractivity contribution is 7.17. The van der Waals surface area contributed by atoms with E-state index in [4.69, 9.17) is 9.57 Å². The number of amides is 1. The van der Waals surface area contributed by atoms with Crippen LogP contribution in [0.5, 0.6) is 0 Å². The Balaban J connectivity index is 1.51. The molecule has 0 radical (unpaired) electrons. The van der Waals surface area contributed by atoms with Crippen LogP contribution >= 0.6 is 11.3 Å². The molecule has 1 aromatic heterocycles. The van der Waals surface area contributed by atoms with Crippen molar-refractivity contribution >= 4 is 33.9 Å². The number of carbonyl (C=O) groups excluding carboxylic acids is 2. The number of rotatable bonds is 5. The van der Waals surface area contributed by atoms with Crippen LogP contribution in [-0.4, -0.2) is 30.3 Å². The number of nitrogens with zero attached hydrogens (tertiary/aromatic N) is 1. The summed E-state index contributed by atoms with van der Waals surface area (Å²) in [7, 11) is 0. The molecule has 8 heteroatoms. The molecule has 2 heterocycles. The van der Waals surface area contributed by atoms with Crippen LogP contribution in [-0.2, 0) is 27.2 Å². The molecule has 4 rings (SSSR count). The first kappa shape index (κ1) is 20.5. The molecular weight excluding hydrogens is 407 g/mol. The number of halogens is 1. The highest BCUT2D eigenvalue weighted by Crippen LogP contribution is 2.38. The van der Waals surface area contributed by atoms with Crippen LogP contribution in [0.3, 0.4) is 0 Å². The lowest BCUT2D eigenvalue weighted by molar-refractivity contribution is -0.125. The lowest BCUT2D eigenvalue weighted by Crippen LogP contribution is -2.28. The second-order valence-electron chi connectivity index (χ2n) is 7.32. The van der Waals surface area contributed by atoms with Gasteiger partial charge in [0.2, 0.25) is 6.10 Å². The third kappa shape index (κ3) is 4.23. The van der Waals surface area contributed by atoms with E-state index in [0.717, 1.165) is 42.5 Å². The molecule has 0 fully saturated rings. The molecule has 6 nitrogen and oxygen atoms in total. The standard InChI is InChI=1S/C22H23FN2O4S/c1-2-28-22(27)19-15-6-4-3-5-7-18(15)30-21(19)24-20(26)17-12-16(25-29-17)13-8-10-14(23)11-9-13/h8-11,17H,2-7,12H2,1H3,(H,24,26). The van der Waals surface area contributed by atoms with Gasteiger partial charge < -0.3 is 14.9 Å². The van der Waals surface area contributed by atoms with E-state index in [9.17, 15) is 14.0 Å². The molecule has 1 aliphatic heterocycles. The first-order chi connectivity index (χ1) is 14.6. The molecule has 1 N–H and O–H groups in total. The van der Waals surface area contributed by atoms with Gasteiger partial charge in [-0.25, -0.2) is 9.18 Å². The number of fused-ring (bicyclic) bond motifs is 1. The zero-order valence-electron chi connectivity index (χ0n) is 16.7. The van der Waals surface area contributed by atoms with Crippen LogP contribution in [0.4, 0.5) is 9.39 Å². The Hall–Kier alpha value is -2.74. The average Bonchev–Trinajstić information content (AvgIpc) is 3.28. The van der Waals surface area contributed by atoms with Gasteiger partial charge in [-0.1, -0.05) is 23.7 Å². The van der Waals surface area contributed by atoms with E-state index in [0.29, 0.717) is 21.8 Å². The largest absolute Gasteiger partial charge is 0.462 e. The number of thiophene rings is 1. The SMILES string of the molecule is CCOC(=O)c1c(NC(=O)C2CC(c3ccc(F)cc3)=NO2)sc2c1CCCCC2. The Kier molecular flexibility index (Phi) is 6.13. The van der Waals surface area contributed by atoms with Crippen LogP contribution in [0.25, 0.3) is 0 Å². The van der Waals surface area contributed by atoms with Gasteiger partial charge in [0.05, 0.1) is 17.9 Å². The molecule has 1 aliphatic carbocycles. The van der Waals surface area contributed by atoms with Crippen LogP contribution in [0.15, 0.2) is 29.4 Å². The number of hydrogen-bond donors (Lipinski definition) is 1. The lowest BCUT2D eigenvalue weighted by Gasteiger charge is -2.11. The summed E-state index contributed by atoms with van der Waals surface area (Å²) >= 11 is 1.45. The van der Waals surface area contributed by atoms with E-state index in [1.807, 2.05) is 0 Å². The predicted octanol–water partition coefficient (Wildman–Crippen LogP) is 4.46. The number of carbonyl (C=O) groups is 2. The van der Waals surface area contributed by atoms with Crippen molar-refractivity contribution in [1.29, 1.82) is 0 Å². The van der Waals surface area contributed by atoms with Crippen molar-refractivity contribution in [1.82, 2.24) is 0 Å².